The Kier molecular flexibility index (Phi) is 5.21. The number of carbonyl (C=O) groups excluding carboxylic acids is 1. The van der Waals surface area contributed by atoms with Gasteiger partial charge in [0.2, 0.25) is 0 Å². The van der Waals surface area contributed by atoms with Crippen LogP contribution in [0.25, 0.3) is 10.9 Å². The van der Waals surface area contributed by atoms with Crippen LogP contribution in [0.1, 0.15) is 54.3 Å². The highest BCUT2D eigenvalue weighted by atomic mass is 16.5. The van der Waals surface area contributed by atoms with Gasteiger partial charge >= 0.3 is 0 Å². The van der Waals surface area contributed by atoms with Crippen LogP contribution in [-0.4, -0.2) is 18.0 Å². The van der Waals surface area contributed by atoms with Crippen LogP contribution in [0.4, 0.5) is 0 Å². The Morgan fingerprint density at radius 3 is 2.46 bits per heavy atom. The molecule has 0 aliphatic rings. The van der Waals surface area contributed by atoms with Crippen LogP contribution in [0.2, 0.25) is 0 Å². The average molecular weight is 348 g/mol. The number of ether oxygens (including phenoxy) is 1. The summed E-state index contributed by atoms with van der Waals surface area (Å²) in [4.78, 5) is 17.7. The molecule has 3 aromatic rings. The second kappa shape index (κ2) is 7.56. The van der Waals surface area contributed by atoms with Gasteiger partial charge in [-0.3, -0.25) is 9.78 Å². The number of nitrogens with zero attached hydrogens (tertiary/aromatic N) is 1. The lowest BCUT2D eigenvalue weighted by Crippen LogP contribution is -2.27. The van der Waals surface area contributed by atoms with E-state index in [9.17, 15) is 4.79 Å². The number of methoxy groups -OCH3 is 1. The lowest BCUT2D eigenvalue weighted by atomic mass is 10.0. The third-order valence-corrected chi connectivity index (χ3v) is 4.53. The molecule has 1 heterocycles. The van der Waals surface area contributed by atoms with Crippen LogP contribution < -0.4 is 10.1 Å². The molecule has 3 rings (SSSR count). The van der Waals surface area contributed by atoms with Gasteiger partial charge in [-0.1, -0.05) is 50.2 Å². The van der Waals surface area contributed by atoms with Crippen molar-refractivity contribution in [2.75, 3.05) is 7.11 Å². The Labute approximate surface area is 154 Å². The maximum Gasteiger partial charge on any atom is 0.252 e. The fraction of sp³-hybridized carbons (Fsp3) is 0.273. The van der Waals surface area contributed by atoms with E-state index >= 15 is 0 Å². The van der Waals surface area contributed by atoms with E-state index in [2.05, 4.69) is 24.1 Å². The van der Waals surface area contributed by atoms with Gasteiger partial charge in [-0.15, -0.1) is 0 Å². The molecule has 2 aromatic carbocycles. The molecular weight excluding hydrogens is 324 g/mol. The van der Waals surface area contributed by atoms with Crippen LogP contribution in [0.5, 0.6) is 5.75 Å². The normalized spacial score (nSPS) is 12.2. The summed E-state index contributed by atoms with van der Waals surface area (Å²) in [5.41, 5.74) is 3.36. The van der Waals surface area contributed by atoms with Gasteiger partial charge in [0.25, 0.3) is 5.91 Å². The molecule has 1 atom stereocenters. The summed E-state index contributed by atoms with van der Waals surface area (Å²) < 4.78 is 5.41. The zero-order chi connectivity index (χ0) is 18.7. The van der Waals surface area contributed by atoms with Crippen molar-refractivity contribution in [1.29, 1.82) is 0 Å². The van der Waals surface area contributed by atoms with E-state index in [1.165, 1.54) is 0 Å². The van der Waals surface area contributed by atoms with Crippen molar-refractivity contribution in [3.05, 3.63) is 71.4 Å². The molecule has 1 aromatic heterocycles. The standard InChI is InChI=1S/C22H24N2O2/c1-14(2)20-13-18(17-10-5-7-11-19(17)24-20)22(25)23-15(3)16-9-6-8-12-21(16)26-4/h5-15H,1-4H3,(H,23,25). The van der Waals surface area contributed by atoms with Crippen molar-refractivity contribution in [2.24, 2.45) is 0 Å². The molecular formula is C22H24N2O2. The maximum atomic E-state index is 13.0. The predicted molar refractivity (Wildman–Crippen MR) is 105 cm³/mol. The van der Waals surface area contributed by atoms with Crippen molar-refractivity contribution in [1.82, 2.24) is 10.3 Å². The maximum absolute atomic E-state index is 13.0. The first kappa shape index (κ1) is 17.9. The first-order valence-corrected chi connectivity index (χ1v) is 8.84. The van der Waals surface area contributed by atoms with Gasteiger partial charge < -0.3 is 10.1 Å². The van der Waals surface area contributed by atoms with Crippen molar-refractivity contribution < 1.29 is 9.53 Å². The van der Waals surface area contributed by atoms with E-state index in [0.717, 1.165) is 27.9 Å². The Morgan fingerprint density at radius 1 is 1.04 bits per heavy atom. The molecule has 0 aliphatic heterocycles. The molecule has 0 radical (unpaired) electrons. The molecule has 0 fully saturated rings. The van der Waals surface area contributed by atoms with Gasteiger partial charge in [0, 0.05) is 16.6 Å². The molecule has 0 spiro atoms. The highest BCUT2D eigenvalue weighted by Crippen LogP contribution is 2.26. The number of nitrogens with one attached hydrogen (secondary N) is 1. The summed E-state index contributed by atoms with van der Waals surface area (Å²) in [7, 11) is 1.64. The van der Waals surface area contributed by atoms with Gasteiger partial charge in [-0.25, -0.2) is 0 Å². The van der Waals surface area contributed by atoms with Crippen LogP contribution in [0.3, 0.4) is 0 Å². The monoisotopic (exact) mass is 348 g/mol. The summed E-state index contributed by atoms with van der Waals surface area (Å²) in [6.45, 7) is 6.12. The summed E-state index contributed by atoms with van der Waals surface area (Å²) in [6, 6.07) is 17.2. The first-order valence-electron chi connectivity index (χ1n) is 8.84. The molecule has 26 heavy (non-hydrogen) atoms. The molecule has 4 heteroatoms. The Bertz CT molecular complexity index is 934. The Hall–Kier alpha value is -2.88. The van der Waals surface area contributed by atoms with Crippen molar-refractivity contribution >= 4 is 16.8 Å². The number of rotatable bonds is 5. The lowest BCUT2D eigenvalue weighted by Gasteiger charge is -2.18. The third kappa shape index (κ3) is 3.54. The molecule has 134 valence electrons. The van der Waals surface area contributed by atoms with E-state index in [0.29, 0.717) is 5.56 Å². The van der Waals surface area contributed by atoms with Crippen LogP contribution >= 0.6 is 0 Å². The number of carbonyl (C=O) groups is 1. The van der Waals surface area contributed by atoms with Gasteiger partial charge in [-0.05, 0) is 31.0 Å². The number of benzene rings is 2. The smallest absolute Gasteiger partial charge is 0.252 e. The van der Waals surface area contributed by atoms with Crippen molar-refractivity contribution in [2.45, 2.75) is 32.7 Å². The van der Waals surface area contributed by atoms with Crippen molar-refractivity contribution in [3.8, 4) is 5.75 Å². The predicted octanol–water partition coefficient (Wildman–Crippen LogP) is 4.86. The Morgan fingerprint density at radius 2 is 1.73 bits per heavy atom. The van der Waals surface area contributed by atoms with E-state index < -0.39 is 0 Å². The van der Waals surface area contributed by atoms with Crippen LogP contribution in [0.15, 0.2) is 54.6 Å². The minimum absolute atomic E-state index is 0.107. The minimum atomic E-state index is -0.173. The van der Waals surface area contributed by atoms with Gasteiger partial charge in [0.15, 0.2) is 0 Å². The molecule has 1 N–H and O–H groups in total. The second-order valence-electron chi connectivity index (χ2n) is 6.70. The van der Waals surface area contributed by atoms with Crippen LogP contribution in [0, 0.1) is 0 Å². The summed E-state index contributed by atoms with van der Waals surface area (Å²) in [6.07, 6.45) is 0. The molecule has 0 saturated heterocycles. The second-order valence-corrected chi connectivity index (χ2v) is 6.70. The zero-order valence-electron chi connectivity index (χ0n) is 15.6. The topological polar surface area (TPSA) is 51.2 Å². The van der Waals surface area contributed by atoms with Gasteiger partial charge in [0.1, 0.15) is 5.75 Å². The van der Waals surface area contributed by atoms with Crippen molar-refractivity contribution in [3.63, 3.8) is 0 Å². The summed E-state index contributed by atoms with van der Waals surface area (Å²) >= 11 is 0. The lowest BCUT2D eigenvalue weighted by molar-refractivity contribution is 0.0941. The molecule has 4 nitrogen and oxygen atoms in total. The number of hydrogen-bond acceptors (Lipinski definition) is 3. The summed E-state index contributed by atoms with van der Waals surface area (Å²) in [5, 5.41) is 3.96. The third-order valence-electron chi connectivity index (χ3n) is 4.53. The largest absolute Gasteiger partial charge is 0.496 e. The first-order chi connectivity index (χ1) is 12.5. The summed E-state index contributed by atoms with van der Waals surface area (Å²) in [5.74, 6) is 0.907. The fourth-order valence-electron chi connectivity index (χ4n) is 3.06. The fourth-order valence-corrected chi connectivity index (χ4v) is 3.06. The number of hydrogen-bond donors (Lipinski definition) is 1. The average Bonchev–Trinajstić information content (AvgIpc) is 2.66. The number of para-hydroxylation sites is 2. The molecule has 0 aliphatic carbocycles. The van der Waals surface area contributed by atoms with Gasteiger partial charge in [-0.2, -0.15) is 0 Å². The highest BCUT2D eigenvalue weighted by molar-refractivity contribution is 6.06. The van der Waals surface area contributed by atoms with E-state index in [1.807, 2.05) is 61.5 Å². The molecule has 0 bridgehead atoms. The molecule has 0 saturated carbocycles. The minimum Gasteiger partial charge on any atom is -0.496 e. The number of fused-ring (bicyclic) bond motifs is 1. The molecule has 1 unspecified atom stereocenters. The van der Waals surface area contributed by atoms with E-state index in [-0.39, 0.29) is 17.9 Å². The zero-order valence-corrected chi connectivity index (χ0v) is 15.6. The number of amides is 1. The highest BCUT2D eigenvalue weighted by Gasteiger charge is 2.18. The SMILES string of the molecule is COc1ccccc1C(C)NC(=O)c1cc(C(C)C)nc2ccccc12. The molecule has 1 amide bonds. The van der Waals surface area contributed by atoms with E-state index in [1.54, 1.807) is 7.11 Å². The number of aromatic nitrogens is 1. The van der Waals surface area contributed by atoms with Gasteiger partial charge in [0.05, 0.1) is 24.2 Å². The quantitative estimate of drug-likeness (QED) is 0.716. The van der Waals surface area contributed by atoms with E-state index in [4.69, 9.17) is 4.74 Å². The Balaban J connectivity index is 1.97. The number of pyridine rings is 1. The van der Waals surface area contributed by atoms with Crippen LogP contribution in [-0.2, 0) is 0 Å².